The van der Waals surface area contributed by atoms with Gasteiger partial charge in [-0.2, -0.15) is 0 Å². The van der Waals surface area contributed by atoms with E-state index in [9.17, 15) is 4.79 Å². The molecule has 0 bridgehead atoms. The number of carboxylic acids is 1. The second-order valence-corrected chi connectivity index (χ2v) is 9.70. The standard InChI is InChI=1S/C28H57NO2/c1-3-5-7-9-11-13-15-17-19-21-25-29(27-23-24-28(30)31)26-22-20-18-16-14-12-10-8-6-4-2/h3-27H2,1-2H3,(H,30,31). The van der Waals surface area contributed by atoms with E-state index < -0.39 is 5.97 Å². The van der Waals surface area contributed by atoms with Crippen LogP contribution in [0.15, 0.2) is 0 Å². The molecule has 0 unspecified atom stereocenters. The van der Waals surface area contributed by atoms with Gasteiger partial charge in [0.1, 0.15) is 0 Å². The summed E-state index contributed by atoms with van der Waals surface area (Å²) in [6, 6.07) is 0. The molecule has 186 valence electrons. The predicted molar refractivity (Wildman–Crippen MR) is 137 cm³/mol. The van der Waals surface area contributed by atoms with Crippen molar-refractivity contribution in [2.24, 2.45) is 0 Å². The van der Waals surface area contributed by atoms with Gasteiger partial charge in [-0.05, 0) is 38.9 Å². The molecule has 0 saturated heterocycles. The highest BCUT2D eigenvalue weighted by atomic mass is 16.4. The van der Waals surface area contributed by atoms with E-state index in [4.69, 9.17) is 5.11 Å². The number of hydrogen-bond acceptors (Lipinski definition) is 2. The van der Waals surface area contributed by atoms with Crippen molar-refractivity contribution >= 4 is 5.97 Å². The molecule has 31 heavy (non-hydrogen) atoms. The van der Waals surface area contributed by atoms with Gasteiger partial charge >= 0.3 is 5.97 Å². The minimum Gasteiger partial charge on any atom is -0.481 e. The Hall–Kier alpha value is -0.570. The first kappa shape index (κ1) is 30.4. The highest BCUT2D eigenvalue weighted by molar-refractivity contribution is 5.66. The van der Waals surface area contributed by atoms with Gasteiger partial charge < -0.3 is 10.0 Å². The number of nitrogens with zero attached hydrogens (tertiary/aromatic N) is 1. The van der Waals surface area contributed by atoms with Crippen molar-refractivity contribution < 1.29 is 9.90 Å². The van der Waals surface area contributed by atoms with Crippen LogP contribution in [0.25, 0.3) is 0 Å². The van der Waals surface area contributed by atoms with Crippen molar-refractivity contribution in [3.05, 3.63) is 0 Å². The smallest absolute Gasteiger partial charge is 0.303 e. The van der Waals surface area contributed by atoms with Gasteiger partial charge in [-0.25, -0.2) is 0 Å². The largest absolute Gasteiger partial charge is 0.481 e. The van der Waals surface area contributed by atoms with Crippen molar-refractivity contribution in [2.45, 2.75) is 155 Å². The van der Waals surface area contributed by atoms with Crippen molar-refractivity contribution in [2.75, 3.05) is 19.6 Å². The fraction of sp³-hybridized carbons (Fsp3) is 0.964. The molecule has 0 aromatic rings. The third kappa shape index (κ3) is 25.6. The summed E-state index contributed by atoms with van der Waals surface area (Å²) in [5.41, 5.74) is 0. The number of hydrogen-bond donors (Lipinski definition) is 1. The molecule has 0 aromatic heterocycles. The summed E-state index contributed by atoms with van der Waals surface area (Å²) in [6.07, 6.45) is 28.7. The molecule has 0 aliphatic rings. The van der Waals surface area contributed by atoms with Crippen LogP contribution in [-0.4, -0.2) is 35.6 Å². The summed E-state index contributed by atoms with van der Waals surface area (Å²) in [5.74, 6) is -0.655. The summed E-state index contributed by atoms with van der Waals surface area (Å²) in [4.78, 5) is 13.4. The van der Waals surface area contributed by atoms with Crippen LogP contribution in [-0.2, 0) is 4.79 Å². The molecule has 0 aliphatic heterocycles. The average molecular weight is 440 g/mol. The molecule has 0 radical (unpaired) electrons. The summed E-state index contributed by atoms with van der Waals surface area (Å²) < 4.78 is 0. The number of carboxylic acid groups (broad SMARTS) is 1. The third-order valence-corrected chi connectivity index (χ3v) is 6.52. The molecular weight excluding hydrogens is 382 g/mol. The average Bonchev–Trinajstić information content (AvgIpc) is 2.75. The number of unbranched alkanes of at least 4 members (excludes halogenated alkanes) is 18. The lowest BCUT2D eigenvalue weighted by Gasteiger charge is -2.22. The Morgan fingerprint density at radius 2 is 0.774 bits per heavy atom. The molecule has 3 heteroatoms. The Bertz CT molecular complexity index is 335. The highest BCUT2D eigenvalue weighted by Gasteiger charge is 2.06. The quantitative estimate of drug-likeness (QED) is 0.137. The first-order chi connectivity index (χ1) is 15.2. The van der Waals surface area contributed by atoms with E-state index in [0.29, 0.717) is 6.42 Å². The van der Waals surface area contributed by atoms with Crippen LogP contribution >= 0.6 is 0 Å². The lowest BCUT2D eigenvalue weighted by atomic mass is 10.1. The zero-order valence-electron chi connectivity index (χ0n) is 21.5. The molecule has 0 aliphatic carbocycles. The van der Waals surface area contributed by atoms with E-state index in [1.54, 1.807) is 0 Å². The Morgan fingerprint density at radius 3 is 1.10 bits per heavy atom. The Balaban J connectivity index is 3.72. The van der Waals surface area contributed by atoms with Crippen molar-refractivity contribution in [1.29, 1.82) is 0 Å². The predicted octanol–water partition coefficient (Wildman–Crippen LogP) is 9.00. The van der Waals surface area contributed by atoms with Gasteiger partial charge in [0, 0.05) is 6.42 Å². The van der Waals surface area contributed by atoms with Crippen molar-refractivity contribution in [3.63, 3.8) is 0 Å². The topological polar surface area (TPSA) is 40.5 Å². The zero-order chi connectivity index (χ0) is 22.8. The Labute approximate surface area is 195 Å². The molecule has 0 amide bonds. The van der Waals surface area contributed by atoms with E-state index in [-0.39, 0.29) is 0 Å². The molecule has 1 N–H and O–H groups in total. The maximum atomic E-state index is 10.8. The van der Waals surface area contributed by atoms with Gasteiger partial charge in [-0.1, -0.05) is 129 Å². The van der Waals surface area contributed by atoms with Gasteiger partial charge in [0.2, 0.25) is 0 Å². The monoisotopic (exact) mass is 439 g/mol. The molecule has 0 saturated carbocycles. The number of aliphatic carboxylic acids is 1. The maximum absolute atomic E-state index is 10.8. The second kappa shape index (κ2) is 25.7. The van der Waals surface area contributed by atoms with Crippen molar-refractivity contribution in [3.8, 4) is 0 Å². The van der Waals surface area contributed by atoms with Gasteiger partial charge in [0.15, 0.2) is 0 Å². The second-order valence-electron chi connectivity index (χ2n) is 9.70. The van der Waals surface area contributed by atoms with Crippen LogP contribution in [0, 0.1) is 0 Å². The SMILES string of the molecule is CCCCCCCCCCCCN(CCCCCCCCCCCC)CCCC(=O)O. The van der Waals surface area contributed by atoms with Crippen LogP contribution in [0.2, 0.25) is 0 Å². The van der Waals surface area contributed by atoms with Crippen LogP contribution in [0.5, 0.6) is 0 Å². The molecule has 0 fully saturated rings. The van der Waals surface area contributed by atoms with Gasteiger partial charge in [-0.15, -0.1) is 0 Å². The van der Waals surface area contributed by atoms with E-state index in [0.717, 1.165) is 26.1 Å². The van der Waals surface area contributed by atoms with Gasteiger partial charge in [0.25, 0.3) is 0 Å². The van der Waals surface area contributed by atoms with E-state index in [2.05, 4.69) is 18.7 Å². The summed E-state index contributed by atoms with van der Waals surface area (Å²) in [7, 11) is 0. The minimum absolute atomic E-state index is 0.312. The van der Waals surface area contributed by atoms with Crippen LogP contribution in [0.3, 0.4) is 0 Å². The summed E-state index contributed by atoms with van der Waals surface area (Å²) in [6.45, 7) is 7.84. The van der Waals surface area contributed by atoms with Crippen LogP contribution < -0.4 is 0 Å². The van der Waals surface area contributed by atoms with E-state index in [1.165, 1.54) is 128 Å². The fourth-order valence-electron chi connectivity index (χ4n) is 4.43. The summed E-state index contributed by atoms with van der Waals surface area (Å²) in [5, 5.41) is 8.94. The lowest BCUT2D eigenvalue weighted by Crippen LogP contribution is -2.27. The Morgan fingerprint density at radius 1 is 0.484 bits per heavy atom. The highest BCUT2D eigenvalue weighted by Crippen LogP contribution is 2.13. The maximum Gasteiger partial charge on any atom is 0.303 e. The normalized spacial score (nSPS) is 11.5. The van der Waals surface area contributed by atoms with Crippen molar-refractivity contribution in [1.82, 2.24) is 4.90 Å². The minimum atomic E-state index is -0.655. The molecular formula is C28H57NO2. The van der Waals surface area contributed by atoms with Gasteiger partial charge in [0.05, 0.1) is 0 Å². The first-order valence-corrected chi connectivity index (χ1v) is 14.1. The molecule has 0 atom stereocenters. The molecule has 3 nitrogen and oxygen atoms in total. The number of rotatable bonds is 26. The van der Waals surface area contributed by atoms with Gasteiger partial charge in [-0.3, -0.25) is 4.79 Å². The molecule has 0 rings (SSSR count). The van der Waals surface area contributed by atoms with E-state index >= 15 is 0 Å². The lowest BCUT2D eigenvalue weighted by molar-refractivity contribution is -0.137. The van der Waals surface area contributed by atoms with Crippen LogP contribution in [0.4, 0.5) is 0 Å². The Kier molecular flexibility index (Phi) is 25.2. The van der Waals surface area contributed by atoms with Crippen LogP contribution in [0.1, 0.15) is 155 Å². The first-order valence-electron chi connectivity index (χ1n) is 14.1. The molecule has 0 heterocycles. The third-order valence-electron chi connectivity index (χ3n) is 6.52. The molecule has 0 spiro atoms. The zero-order valence-corrected chi connectivity index (χ0v) is 21.5. The molecule has 0 aromatic carbocycles. The van der Waals surface area contributed by atoms with E-state index in [1.807, 2.05) is 0 Å². The fourth-order valence-corrected chi connectivity index (χ4v) is 4.43. The number of carbonyl (C=O) groups is 1. The summed E-state index contributed by atoms with van der Waals surface area (Å²) >= 11 is 0.